The highest BCUT2D eigenvalue weighted by molar-refractivity contribution is 5.81. The smallest absolute Gasteiger partial charge is 0.310 e. The van der Waals surface area contributed by atoms with Crippen molar-refractivity contribution in [1.82, 2.24) is 9.05 Å². The molecule has 0 amide bonds. The van der Waals surface area contributed by atoms with Crippen molar-refractivity contribution in [3.63, 3.8) is 0 Å². The van der Waals surface area contributed by atoms with Gasteiger partial charge in [-0.05, 0) is 61.2 Å². The molecule has 0 aliphatic carbocycles. The molecule has 0 N–H and O–H groups in total. The number of halogens is 1. The van der Waals surface area contributed by atoms with Crippen LogP contribution in [0.25, 0.3) is 10.9 Å². The summed E-state index contributed by atoms with van der Waals surface area (Å²) in [7, 11) is 8.07. The van der Waals surface area contributed by atoms with Crippen molar-refractivity contribution in [2.75, 3.05) is 34.9 Å². The van der Waals surface area contributed by atoms with E-state index in [2.05, 4.69) is 62.2 Å². The monoisotopic (exact) mass is 550 g/mol. The molecule has 0 radical (unpaired) electrons. The molecule has 32 heavy (non-hydrogen) atoms. The number of ether oxygens (including phenoxy) is 2. The molecule has 0 fully saturated rings. The molecule has 0 unspecified atom stereocenters. The molecule has 0 saturated heterocycles. The molecule has 3 aromatic rings. The van der Waals surface area contributed by atoms with E-state index in [0.29, 0.717) is 13.0 Å². The van der Waals surface area contributed by atoms with Gasteiger partial charge in [0.2, 0.25) is 0 Å². The number of hydrogen-bond acceptors (Lipinski definition) is 3. The van der Waals surface area contributed by atoms with Crippen LogP contribution < -0.4 is 33.2 Å². The van der Waals surface area contributed by atoms with E-state index in [4.69, 9.17) is 9.47 Å². The van der Waals surface area contributed by atoms with E-state index >= 15 is 0 Å². The number of hydrogen-bond donors (Lipinski definition) is 0. The van der Waals surface area contributed by atoms with Crippen LogP contribution >= 0.6 is 0 Å². The largest absolute Gasteiger partial charge is 1.00 e. The zero-order valence-corrected chi connectivity index (χ0v) is 21.8. The lowest BCUT2D eigenvalue weighted by Crippen LogP contribution is -3.00. The van der Waals surface area contributed by atoms with Crippen molar-refractivity contribution in [3.8, 4) is 5.75 Å². The summed E-state index contributed by atoms with van der Waals surface area (Å²) in [6.07, 6.45) is 6.69. The Morgan fingerprint density at radius 3 is 2.34 bits per heavy atom. The number of esters is 1. The van der Waals surface area contributed by atoms with Gasteiger partial charge in [0.25, 0.3) is 0 Å². The Hall–Kier alpha value is -2.06. The first-order valence-electron chi connectivity index (χ1n) is 11.1. The van der Waals surface area contributed by atoms with E-state index < -0.39 is 0 Å². The third kappa shape index (κ3) is 7.52. The van der Waals surface area contributed by atoms with E-state index in [-0.39, 0.29) is 29.9 Å². The molecule has 2 aromatic carbocycles. The maximum atomic E-state index is 12.1. The fourth-order valence-corrected chi connectivity index (χ4v) is 3.70. The van der Waals surface area contributed by atoms with Crippen molar-refractivity contribution in [2.45, 2.75) is 38.6 Å². The standard InChI is InChI=1S/C26H35N2O3.HI/c1-28(2,3)23-11-9-21(10-12-23)19-26(29)31-18-8-6-5-7-16-27-17-15-22-20-24(30-4)13-14-25(22)27;/h9-15,17,20H,5-8,16,18-19H2,1-4H3;1H/q+1;/p-1. The molecule has 0 spiro atoms. The molecular formula is C26H35IN2O3. The molecule has 1 heterocycles. The fraction of sp³-hybridized carbons (Fsp3) is 0.423. The summed E-state index contributed by atoms with van der Waals surface area (Å²) in [5.74, 6) is 0.744. The molecule has 0 aliphatic rings. The van der Waals surface area contributed by atoms with Crippen molar-refractivity contribution in [2.24, 2.45) is 0 Å². The number of aryl methyl sites for hydroxylation is 1. The number of fused-ring (bicyclic) bond motifs is 1. The maximum Gasteiger partial charge on any atom is 0.310 e. The van der Waals surface area contributed by atoms with Crippen LogP contribution in [-0.4, -0.2) is 45.4 Å². The molecule has 0 bridgehead atoms. The number of unbranched alkanes of at least 4 members (excludes halogenated alkanes) is 3. The van der Waals surface area contributed by atoms with Gasteiger partial charge in [0.1, 0.15) is 11.4 Å². The minimum Gasteiger partial charge on any atom is -1.00 e. The van der Waals surface area contributed by atoms with Crippen molar-refractivity contribution in [3.05, 3.63) is 60.3 Å². The normalized spacial score (nSPS) is 11.2. The molecule has 0 aliphatic heterocycles. The Kier molecular flexibility index (Phi) is 10.0. The summed E-state index contributed by atoms with van der Waals surface area (Å²) in [4.78, 5) is 12.1. The van der Waals surface area contributed by atoms with Gasteiger partial charge < -0.3 is 38.0 Å². The van der Waals surface area contributed by atoms with Crippen LogP contribution in [0.5, 0.6) is 5.75 Å². The number of methoxy groups -OCH3 is 1. The molecule has 1 aromatic heterocycles. The summed E-state index contributed by atoms with van der Waals surface area (Å²) in [6, 6.07) is 16.5. The maximum absolute atomic E-state index is 12.1. The number of benzene rings is 2. The highest BCUT2D eigenvalue weighted by Crippen LogP contribution is 2.22. The van der Waals surface area contributed by atoms with Gasteiger partial charge >= 0.3 is 5.97 Å². The number of carbonyl (C=O) groups is 1. The molecule has 174 valence electrons. The number of nitrogens with zero attached hydrogens (tertiary/aromatic N) is 2. The van der Waals surface area contributed by atoms with Crippen LogP contribution in [0.15, 0.2) is 54.7 Å². The topological polar surface area (TPSA) is 40.5 Å². The summed E-state index contributed by atoms with van der Waals surface area (Å²) in [6.45, 7) is 1.50. The van der Waals surface area contributed by atoms with Gasteiger partial charge in [0.15, 0.2) is 0 Å². The van der Waals surface area contributed by atoms with Gasteiger partial charge in [-0.2, -0.15) is 0 Å². The minimum atomic E-state index is -0.146. The Bertz CT molecular complexity index is 990. The molecule has 5 nitrogen and oxygen atoms in total. The summed E-state index contributed by atoms with van der Waals surface area (Å²) in [5, 5.41) is 1.21. The van der Waals surface area contributed by atoms with Gasteiger partial charge in [-0.25, -0.2) is 0 Å². The third-order valence-corrected chi connectivity index (χ3v) is 5.59. The number of quaternary nitrogens is 1. The second-order valence-corrected chi connectivity index (χ2v) is 8.92. The minimum absolute atomic E-state index is 0. The van der Waals surface area contributed by atoms with Crippen LogP contribution in [0.4, 0.5) is 5.69 Å². The average Bonchev–Trinajstić information content (AvgIpc) is 3.15. The first kappa shape index (κ1) is 26.2. The Morgan fingerprint density at radius 1 is 0.938 bits per heavy atom. The Balaban J connectivity index is 0.00000363. The number of carbonyl (C=O) groups excluding carboxylic acids is 1. The average molecular weight is 550 g/mol. The Morgan fingerprint density at radius 2 is 1.66 bits per heavy atom. The van der Waals surface area contributed by atoms with Crippen LogP contribution in [-0.2, 0) is 22.5 Å². The second kappa shape index (κ2) is 12.3. The zero-order chi connectivity index (χ0) is 22.3. The molecule has 3 rings (SSSR count). The predicted molar refractivity (Wildman–Crippen MR) is 128 cm³/mol. The van der Waals surface area contributed by atoms with E-state index in [0.717, 1.165) is 48.0 Å². The van der Waals surface area contributed by atoms with E-state index in [1.54, 1.807) is 7.11 Å². The zero-order valence-electron chi connectivity index (χ0n) is 19.6. The first-order chi connectivity index (χ1) is 14.9. The lowest BCUT2D eigenvalue weighted by Gasteiger charge is -2.23. The van der Waals surface area contributed by atoms with Crippen LogP contribution in [0, 0.1) is 0 Å². The predicted octanol–water partition coefficient (Wildman–Crippen LogP) is 2.20. The highest BCUT2D eigenvalue weighted by atomic mass is 127. The lowest BCUT2D eigenvalue weighted by molar-refractivity contribution is -0.142. The van der Waals surface area contributed by atoms with Gasteiger partial charge in [0.05, 0.1) is 41.3 Å². The van der Waals surface area contributed by atoms with Crippen molar-refractivity contribution < 1.29 is 38.2 Å². The van der Waals surface area contributed by atoms with Gasteiger partial charge in [-0.15, -0.1) is 0 Å². The summed E-state index contributed by atoms with van der Waals surface area (Å²) >= 11 is 0. The van der Waals surface area contributed by atoms with Crippen LogP contribution in [0.3, 0.4) is 0 Å². The summed E-state index contributed by atoms with van der Waals surface area (Å²) < 4.78 is 13.8. The molecule has 0 saturated carbocycles. The van der Waals surface area contributed by atoms with Crippen molar-refractivity contribution in [1.29, 1.82) is 0 Å². The van der Waals surface area contributed by atoms with Gasteiger partial charge in [-0.1, -0.05) is 18.6 Å². The Labute approximate surface area is 208 Å². The quantitative estimate of drug-likeness (QED) is 0.159. The molecule has 0 atom stereocenters. The lowest BCUT2D eigenvalue weighted by atomic mass is 10.1. The molecule has 6 heteroatoms. The van der Waals surface area contributed by atoms with Crippen LogP contribution in [0.1, 0.15) is 31.2 Å². The number of rotatable bonds is 11. The second-order valence-electron chi connectivity index (χ2n) is 8.92. The number of aromatic nitrogens is 1. The van der Waals surface area contributed by atoms with E-state index in [1.807, 2.05) is 18.2 Å². The third-order valence-electron chi connectivity index (χ3n) is 5.59. The van der Waals surface area contributed by atoms with Crippen molar-refractivity contribution >= 4 is 22.6 Å². The van der Waals surface area contributed by atoms with E-state index in [9.17, 15) is 4.79 Å². The highest BCUT2D eigenvalue weighted by Gasteiger charge is 2.12. The van der Waals surface area contributed by atoms with Gasteiger partial charge in [0, 0.05) is 23.6 Å². The molecular weight excluding hydrogens is 515 g/mol. The SMILES string of the molecule is COc1ccc2c(ccn2CCCCCCOC(=O)Cc2ccc([N+](C)(C)C)cc2)c1.[I-]. The van der Waals surface area contributed by atoms with E-state index in [1.165, 1.54) is 16.6 Å². The first-order valence-corrected chi connectivity index (χ1v) is 11.1. The fourth-order valence-electron chi connectivity index (χ4n) is 3.70. The summed E-state index contributed by atoms with van der Waals surface area (Å²) in [5.41, 5.74) is 3.45. The van der Waals surface area contributed by atoms with Gasteiger partial charge in [-0.3, -0.25) is 9.28 Å². The van der Waals surface area contributed by atoms with Crippen LogP contribution in [0.2, 0.25) is 0 Å².